The fourth-order valence-electron chi connectivity index (χ4n) is 1.65. The van der Waals surface area contributed by atoms with E-state index in [9.17, 15) is 5.11 Å². The van der Waals surface area contributed by atoms with Crippen molar-refractivity contribution in [2.45, 2.75) is 19.3 Å². The molecule has 0 amide bonds. The molecule has 0 radical (unpaired) electrons. The fourth-order valence-corrected chi connectivity index (χ4v) is 2.19. The van der Waals surface area contributed by atoms with Crippen LogP contribution in [0.3, 0.4) is 0 Å². The van der Waals surface area contributed by atoms with Gasteiger partial charge in [-0.2, -0.15) is 0 Å². The molecule has 0 aliphatic heterocycles. The molecule has 1 aliphatic rings. The maximum atomic E-state index is 9.20. The molecule has 0 saturated heterocycles. The van der Waals surface area contributed by atoms with Crippen LogP contribution in [-0.2, 0) is 6.42 Å². The number of rotatable bonds is 3. The molecule has 1 N–H and O–H groups in total. The first-order valence-corrected chi connectivity index (χ1v) is 5.87. The van der Waals surface area contributed by atoms with Gasteiger partial charge in [-0.25, -0.2) is 0 Å². The van der Waals surface area contributed by atoms with Crippen LogP contribution in [-0.4, -0.2) is 11.7 Å². The van der Waals surface area contributed by atoms with Crippen molar-refractivity contribution in [2.24, 2.45) is 5.41 Å². The molecule has 1 aromatic rings. The second kappa shape index (κ2) is 3.84. The number of halogens is 2. The van der Waals surface area contributed by atoms with Gasteiger partial charge in [0.15, 0.2) is 0 Å². The zero-order valence-electron chi connectivity index (χ0n) is 7.76. The topological polar surface area (TPSA) is 20.2 Å². The summed E-state index contributed by atoms with van der Waals surface area (Å²) < 4.78 is 0.936. The summed E-state index contributed by atoms with van der Waals surface area (Å²) in [6.45, 7) is 0.299. The van der Waals surface area contributed by atoms with E-state index in [0.717, 1.165) is 28.8 Å². The van der Waals surface area contributed by atoms with Gasteiger partial charge in [-0.05, 0) is 58.3 Å². The molecular weight excluding hydrogens is 263 g/mol. The van der Waals surface area contributed by atoms with Gasteiger partial charge in [0.05, 0.1) is 5.02 Å². The Labute approximate surface area is 97.2 Å². The Morgan fingerprint density at radius 3 is 2.64 bits per heavy atom. The van der Waals surface area contributed by atoms with Crippen molar-refractivity contribution in [3.8, 4) is 0 Å². The van der Waals surface area contributed by atoms with Crippen LogP contribution < -0.4 is 0 Å². The van der Waals surface area contributed by atoms with Crippen molar-refractivity contribution in [3.63, 3.8) is 0 Å². The molecule has 2 rings (SSSR count). The lowest BCUT2D eigenvalue weighted by molar-refractivity contribution is 0.211. The minimum absolute atomic E-state index is 0.174. The molecule has 0 spiro atoms. The molecule has 0 atom stereocenters. The van der Waals surface area contributed by atoms with Crippen molar-refractivity contribution in [1.82, 2.24) is 0 Å². The van der Waals surface area contributed by atoms with Crippen molar-refractivity contribution in [1.29, 1.82) is 0 Å². The van der Waals surface area contributed by atoms with Gasteiger partial charge in [-0.15, -0.1) is 0 Å². The van der Waals surface area contributed by atoms with E-state index in [1.807, 2.05) is 18.2 Å². The van der Waals surface area contributed by atoms with E-state index < -0.39 is 0 Å². The summed E-state index contributed by atoms with van der Waals surface area (Å²) in [5.41, 5.74) is 1.42. The second-order valence-electron chi connectivity index (χ2n) is 4.08. The Balaban J connectivity index is 2.14. The van der Waals surface area contributed by atoms with E-state index in [0.29, 0.717) is 6.61 Å². The molecule has 3 heteroatoms. The zero-order valence-corrected chi connectivity index (χ0v) is 10.1. The smallest absolute Gasteiger partial charge is 0.0548 e. The third-order valence-electron chi connectivity index (χ3n) is 2.86. The van der Waals surface area contributed by atoms with Crippen LogP contribution in [0.25, 0.3) is 0 Å². The first-order chi connectivity index (χ1) is 6.65. The van der Waals surface area contributed by atoms with Crippen LogP contribution in [0.15, 0.2) is 22.7 Å². The average Bonchev–Trinajstić information content (AvgIpc) is 2.93. The molecule has 0 bridgehead atoms. The van der Waals surface area contributed by atoms with Gasteiger partial charge in [0.25, 0.3) is 0 Å². The number of hydrogen-bond acceptors (Lipinski definition) is 1. The zero-order chi connectivity index (χ0) is 10.2. The molecule has 1 fully saturated rings. The summed E-state index contributed by atoms with van der Waals surface area (Å²) >= 11 is 9.31. The largest absolute Gasteiger partial charge is 0.396 e. The Hall–Kier alpha value is -0.0500. The van der Waals surface area contributed by atoms with Gasteiger partial charge >= 0.3 is 0 Å². The van der Waals surface area contributed by atoms with Crippen LogP contribution in [0, 0.1) is 5.41 Å². The Morgan fingerprint density at radius 1 is 1.43 bits per heavy atom. The van der Waals surface area contributed by atoms with E-state index in [1.165, 1.54) is 5.56 Å². The maximum Gasteiger partial charge on any atom is 0.0548 e. The number of aliphatic hydroxyl groups is 1. The van der Waals surface area contributed by atoms with Crippen molar-refractivity contribution in [2.75, 3.05) is 6.61 Å². The summed E-state index contributed by atoms with van der Waals surface area (Å²) in [4.78, 5) is 0. The molecule has 0 aromatic heterocycles. The molecule has 1 nitrogen and oxygen atoms in total. The van der Waals surface area contributed by atoms with Crippen LogP contribution in [0.5, 0.6) is 0 Å². The lowest BCUT2D eigenvalue weighted by atomic mass is 9.98. The van der Waals surface area contributed by atoms with Gasteiger partial charge in [0.1, 0.15) is 0 Å². The molecule has 14 heavy (non-hydrogen) atoms. The quantitative estimate of drug-likeness (QED) is 0.896. The Morgan fingerprint density at radius 2 is 2.14 bits per heavy atom. The van der Waals surface area contributed by atoms with Gasteiger partial charge in [-0.1, -0.05) is 17.7 Å². The number of hydrogen-bond donors (Lipinski definition) is 1. The highest BCUT2D eigenvalue weighted by Crippen LogP contribution is 2.48. The van der Waals surface area contributed by atoms with E-state index >= 15 is 0 Å². The highest BCUT2D eigenvalue weighted by Gasteiger charge is 2.41. The fraction of sp³-hybridized carbons (Fsp3) is 0.455. The molecular formula is C11H12BrClO. The maximum absolute atomic E-state index is 9.20. The predicted molar refractivity (Wildman–Crippen MR) is 61.6 cm³/mol. The van der Waals surface area contributed by atoms with Crippen molar-refractivity contribution < 1.29 is 5.11 Å². The lowest BCUT2D eigenvalue weighted by Crippen LogP contribution is -2.09. The number of benzene rings is 1. The standard InChI is InChI=1S/C11H12BrClO/c12-9-5-8(1-2-10(9)13)6-11(7-14)3-4-11/h1-2,5,14H,3-4,6-7H2. The first-order valence-electron chi connectivity index (χ1n) is 4.70. The van der Waals surface area contributed by atoms with E-state index in [4.69, 9.17) is 11.6 Å². The van der Waals surface area contributed by atoms with E-state index in [1.54, 1.807) is 0 Å². The third kappa shape index (κ3) is 2.13. The first kappa shape index (κ1) is 10.5. The predicted octanol–water partition coefficient (Wildman–Crippen LogP) is 3.42. The summed E-state index contributed by atoms with van der Waals surface area (Å²) in [5, 5.41) is 9.94. The van der Waals surface area contributed by atoms with Crippen molar-refractivity contribution in [3.05, 3.63) is 33.3 Å². The summed E-state index contributed by atoms with van der Waals surface area (Å²) in [5.74, 6) is 0. The molecule has 1 aromatic carbocycles. The second-order valence-corrected chi connectivity index (χ2v) is 5.34. The molecule has 76 valence electrons. The van der Waals surface area contributed by atoms with Crippen LogP contribution in [0.4, 0.5) is 0 Å². The van der Waals surface area contributed by atoms with E-state index in [-0.39, 0.29) is 5.41 Å². The van der Waals surface area contributed by atoms with Crippen LogP contribution >= 0.6 is 27.5 Å². The molecule has 0 unspecified atom stereocenters. The molecule has 1 aliphatic carbocycles. The normalized spacial score (nSPS) is 18.2. The highest BCUT2D eigenvalue weighted by atomic mass is 79.9. The summed E-state index contributed by atoms with van der Waals surface area (Å²) in [7, 11) is 0. The van der Waals surface area contributed by atoms with Crippen LogP contribution in [0.2, 0.25) is 5.02 Å². The SMILES string of the molecule is OCC1(Cc2ccc(Cl)c(Br)c2)CC1. The minimum atomic E-state index is 0.174. The van der Waals surface area contributed by atoms with Crippen LogP contribution in [0.1, 0.15) is 18.4 Å². The summed E-state index contributed by atoms with van der Waals surface area (Å²) in [6, 6.07) is 5.97. The monoisotopic (exact) mass is 274 g/mol. The number of aliphatic hydroxyl groups excluding tert-OH is 1. The third-order valence-corrected chi connectivity index (χ3v) is 4.07. The lowest BCUT2D eigenvalue weighted by Gasteiger charge is -2.11. The Kier molecular flexibility index (Phi) is 2.87. The Bertz CT molecular complexity index is 347. The van der Waals surface area contributed by atoms with Gasteiger partial charge in [-0.3, -0.25) is 0 Å². The van der Waals surface area contributed by atoms with Gasteiger partial charge < -0.3 is 5.11 Å². The molecule has 1 saturated carbocycles. The van der Waals surface area contributed by atoms with Gasteiger partial charge in [0.2, 0.25) is 0 Å². The summed E-state index contributed by atoms with van der Waals surface area (Å²) in [6.07, 6.45) is 3.24. The van der Waals surface area contributed by atoms with Gasteiger partial charge in [0, 0.05) is 11.1 Å². The average molecular weight is 276 g/mol. The highest BCUT2D eigenvalue weighted by molar-refractivity contribution is 9.10. The molecule has 0 heterocycles. The van der Waals surface area contributed by atoms with Crippen molar-refractivity contribution >= 4 is 27.5 Å². The van der Waals surface area contributed by atoms with E-state index in [2.05, 4.69) is 15.9 Å². The minimum Gasteiger partial charge on any atom is -0.396 e.